The number of likely N-dealkylation sites (tertiary alicyclic amines) is 1. The first-order valence-corrected chi connectivity index (χ1v) is 6.53. The van der Waals surface area contributed by atoms with Crippen LogP contribution in [0.1, 0.15) is 40.0 Å². The summed E-state index contributed by atoms with van der Waals surface area (Å²) in [6.07, 6.45) is 2.78. The quantitative estimate of drug-likeness (QED) is 0.695. The summed E-state index contributed by atoms with van der Waals surface area (Å²) in [7, 11) is 0. The fraction of sp³-hybridized carbons (Fsp3) is 0.923. The van der Waals surface area contributed by atoms with Crippen molar-refractivity contribution < 1.29 is 14.6 Å². The van der Waals surface area contributed by atoms with Gasteiger partial charge in [-0.1, -0.05) is 13.8 Å². The van der Waals surface area contributed by atoms with E-state index < -0.39 is 11.5 Å². The number of carbonyl (C=O) groups is 1. The van der Waals surface area contributed by atoms with Gasteiger partial charge in [0.2, 0.25) is 0 Å². The smallest absolute Gasteiger partial charge is 0.323 e. The molecule has 100 valence electrons. The second-order valence-corrected chi connectivity index (χ2v) is 5.46. The van der Waals surface area contributed by atoms with E-state index in [2.05, 4.69) is 13.8 Å². The van der Waals surface area contributed by atoms with E-state index in [9.17, 15) is 9.90 Å². The van der Waals surface area contributed by atoms with Crippen molar-refractivity contribution in [2.75, 3.05) is 26.3 Å². The Balaban J connectivity index is 2.25. The normalized spacial score (nSPS) is 25.6. The molecule has 0 saturated carbocycles. The Morgan fingerprint density at radius 1 is 1.47 bits per heavy atom. The summed E-state index contributed by atoms with van der Waals surface area (Å²) in [4.78, 5) is 13.3. The monoisotopic (exact) mass is 243 g/mol. The molecule has 1 heterocycles. The van der Waals surface area contributed by atoms with Crippen molar-refractivity contribution >= 4 is 5.97 Å². The van der Waals surface area contributed by atoms with Crippen molar-refractivity contribution in [3.05, 3.63) is 0 Å². The minimum atomic E-state index is -0.711. The second-order valence-electron chi connectivity index (χ2n) is 5.46. The molecule has 1 aliphatic heterocycles. The van der Waals surface area contributed by atoms with Crippen molar-refractivity contribution in [2.24, 2.45) is 5.92 Å². The molecule has 1 rings (SSSR count). The standard InChI is InChI=1S/C13H25NO3/c1-11(2)5-9-17-10-8-14-7-4-6-13(14,3)12(15)16/h11H,4-10H2,1-3H3,(H,15,16). The van der Waals surface area contributed by atoms with Crippen LogP contribution in [-0.4, -0.2) is 47.8 Å². The van der Waals surface area contributed by atoms with E-state index in [1.807, 2.05) is 11.8 Å². The minimum Gasteiger partial charge on any atom is -0.480 e. The van der Waals surface area contributed by atoms with Gasteiger partial charge in [0.15, 0.2) is 0 Å². The fourth-order valence-electron chi connectivity index (χ4n) is 2.22. The lowest BCUT2D eigenvalue weighted by molar-refractivity contribution is -0.148. The van der Waals surface area contributed by atoms with E-state index in [0.717, 1.165) is 39.0 Å². The van der Waals surface area contributed by atoms with Gasteiger partial charge in [-0.25, -0.2) is 0 Å². The van der Waals surface area contributed by atoms with Crippen molar-refractivity contribution in [1.29, 1.82) is 0 Å². The molecule has 1 saturated heterocycles. The number of ether oxygens (including phenoxy) is 1. The van der Waals surface area contributed by atoms with Crippen LogP contribution in [0.15, 0.2) is 0 Å². The van der Waals surface area contributed by atoms with E-state index in [4.69, 9.17) is 4.74 Å². The van der Waals surface area contributed by atoms with Crippen LogP contribution in [0.2, 0.25) is 0 Å². The lowest BCUT2D eigenvalue weighted by Crippen LogP contribution is -2.49. The molecule has 0 radical (unpaired) electrons. The predicted molar refractivity (Wildman–Crippen MR) is 67.1 cm³/mol. The molecule has 4 nitrogen and oxygen atoms in total. The number of carboxylic acid groups (broad SMARTS) is 1. The Bertz CT molecular complexity index is 255. The molecule has 4 heteroatoms. The number of hydrogen-bond acceptors (Lipinski definition) is 3. The predicted octanol–water partition coefficient (Wildman–Crippen LogP) is 1.99. The van der Waals surface area contributed by atoms with Gasteiger partial charge in [0.25, 0.3) is 0 Å². The summed E-state index contributed by atoms with van der Waals surface area (Å²) in [5.41, 5.74) is -0.679. The zero-order chi connectivity index (χ0) is 12.9. The first kappa shape index (κ1) is 14.5. The Morgan fingerprint density at radius 2 is 2.18 bits per heavy atom. The van der Waals surface area contributed by atoms with Crippen molar-refractivity contribution in [2.45, 2.75) is 45.6 Å². The van der Waals surface area contributed by atoms with Gasteiger partial charge in [-0.2, -0.15) is 0 Å². The van der Waals surface area contributed by atoms with Crippen LogP contribution in [0.25, 0.3) is 0 Å². The average molecular weight is 243 g/mol. The zero-order valence-electron chi connectivity index (χ0n) is 11.2. The topological polar surface area (TPSA) is 49.8 Å². The van der Waals surface area contributed by atoms with Gasteiger partial charge in [0.1, 0.15) is 5.54 Å². The molecule has 0 aliphatic carbocycles. The molecule has 17 heavy (non-hydrogen) atoms. The molecule has 0 aromatic carbocycles. The molecule has 0 spiro atoms. The van der Waals surface area contributed by atoms with Crippen LogP contribution in [0.5, 0.6) is 0 Å². The summed E-state index contributed by atoms with van der Waals surface area (Å²) in [5, 5.41) is 9.24. The van der Waals surface area contributed by atoms with E-state index in [-0.39, 0.29) is 0 Å². The highest BCUT2D eigenvalue weighted by atomic mass is 16.5. The third-order valence-corrected chi connectivity index (χ3v) is 3.60. The van der Waals surface area contributed by atoms with Crippen LogP contribution in [0.4, 0.5) is 0 Å². The Morgan fingerprint density at radius 3 is 2.76 bits per heavy atom. The number of nitrogens with zero attached hydrogens (tertiary/aromatic N) is 1. The highest BCUT2D eigenvalue weighted by Gasteiger charge is 2.42. The molecule has 1 aliphatic rings. The van der Waals surface area contributed by atoms with E-state index in [1.165, 1.54) is 0 Å². The maximum absolute atomic E-state index is 11.2. The summed E-state index contributed by atoms with van der Waals surface area (Å²) in [5.74, 6) is -0.0525. The Kier molecular flexibility index (Phi) is 5.40. The van der Waals surface area contributed by atoms with Crippen molar-refractivity contribution in [3.8, 4) is 0 Å². The molecular formula is C13H25NO3. The van der Waals surface area contributed by atoms with E-state index in [0.29, 0.717) is 12.5 Å². The lowest BCUT2D eigenvalue weighted by Gasteiger charge is -2.30. The number of rotatable bonds is 7. The van der Waals surface area contributed by atoms with Crippen LogP contribution in [0, 0.1) is 5.92 Å². The summed E-state index contributed by atoms with van der Waals surface area (Å²) in [6, 6.07) is 0. The van der Waals surface area contributed by atoms with Gasteiger partial charge < -0.3 is 9.84 Å². The van der Waals surface area contributed by atoms with Crippen molar-refractivity contribution in [1.82, 2.24) is 4.90 Å². The maximum Gasteiger partial charge on any atom is 0.323 e. The molecule has 0 aromatic heterocycles. The van der Waals surface area contributed by atoms with Gasteiger partial charge >= 0.3 is 5.97 Å². The van der Waals surface area contributed by atoms with Gasteiger partial charge in [-0.05, 0) is 38.6 Å². The summed E-state index contributed by atoms with van der Waals surface area (Å²) >= 11 is 0. The molecule has 1 unspecified atom stereocenters. The van der Waals surface area contributed by atoms with Gasteiger partial charge in [-0.15, -0.1) is 0 Å². The zero-order valence-corrected chi connectivity index (χ0v) is 11.2. The number of carboxylic acids is 1. The van der Waals surface area contributed by atoms with Gasteiger partial charge in [0, 0.05) is 13.2 Å². The number of hydrogen-bond donors (Lipinski definition) is 1. The fourth-order valence-corrected chi connectivity index (χ4v) is 2.22. The molecule has 0 bridgehead atoms. The Labute approximate surface area is 104 Å². The molecule has 1 N–H and O–H groups in total. The van der Waals surface area contributed by atoms with Gasteiger partial charge in [-0.3, -0.25) is 9.69 Å². The maximum atomic E-state index is 11.2. The second kappa shape index (κ2) is 6.36. The van der Waals surface area contributed by atoms with Crippen LogP contribution < -0.4 is 0 Å². The molecule has 0 aromatic rings. The van der Waals surface area contributed by atoms with E-state index >= 15 is 0 Å². The molecule has 1 atom stereocenters. The first-order chi connectivity index (χ1) is 7.97. The molecular weight excluding hydrogens is 218 g/mol. The van der Waals surface area contributed by atoms with Crippen molar-refractivity contribution in [3.63, 3.8) is 0 Å². The SMILES string of the molecule is CC(C)CCOCCN1CCCC1(C)C(=O)O. The third kappa shape index (κ3) is 3.96. The largest absolute Gasteiger partial charge is 0.480 e. The molecule has 0 amide bonds. The van der Waals surface area contributed by atoms with Crippen LogP contribution >= 0.6 is 0 Å². The summed E-state index contributed by atoms with van der Waals surface area (Å²) in [6.45, 7) is 9.16. The highest BCUT2D eigenvalue weighted by molar-refractivity contribution is 5.78. The van der Waals surface area contributed by atoms with Crippen LogP contribution in [-0.2, 0) is 9.53 Å². The molecule has 1 fully saturated rings. The van der Waals surface area contributed by atoms with E-state index in [1.54, 1.807) is 0 Å². The summed E-state index contributed by atoms with van der Waals surface area (Å²) < 4.78 is 5.54. The van der Waals surface area contributed by atoms with Crippen LogP contribution in [0.3, 0.4) is 0 Å². The number of aliphatic carboxylic acids is 1. The average Bonchev–Trinajstić information content (AvgIpc) is 2.61. The Hall–Kier alpha value is -0.610. The lowest BCUT2D eigenvalue weighted by atomic mass is 9.99. The highest BCUT2D eigenvalue weighted by Crippen LogP contribution is 2.28. The third-order valence-electron chi connectivity index (χ3n) is 3.60. The minimum absolute atomic E-state index is 0.635. The first-order valence-electron chi connectivity index (χ1n) is 6.53. The van der Waals surface area contributed by atoms with Gasteiger partial charge in [0.05, 0.1) is 6.61 Å².